The van der Waals surface area contributed by atoms with Gasteiger partial charge in [0.25, 0.3) is 0 Å². The van der Waals surface area contributed by atoms with Gasteiger partial charge in [-0.3, -0.25) is 0 Å². The molecule has 2 aliphatic rings. The molecule has 2 heterocycles. The van der Waals surface area contributed by atoms with Crippen molar-refractivity contribution in [2.45, 2.75) is 52.5 Å². The van der Waals surface area contributed by atoms with Crippen LogP contribution < -0.4 is 5.32 Å². The minimum absolute atomic E-state index is 0.287. The van der Waals surface area contributed by atoms with E-state index in [2.05, 4.69) is 43.8 Å². The Morgan fingerprint density at radius 3 is 2.71 bits per heavy atom. The fourth-order valence-electron chi connectivity index (χ4n) is 2.96. The maximum absolute atomic E-state index is 4.87. The van der Waals surface area contributed by atoms with Crippen LogP contribution >= 0.6 is 0 Å². The van der Waals surface area contributed by atoms with E-state index >= 15 is 0 Å². The summed E-state index contributed by atoms with van der Waals surface area (Å²) in [7, 11) is 0. The van der Waals surface area contributed by atoms with Gasteiger partial charge in [0.15, 0.2) is 0 Å². The van der Waals surface area contributed by atoms with E-state index in [9.17, 15) is 0 Å². The Bertz CT molecular complexity index is 427. The van der Waals surface area contributed by atoms with E-state index in [0.29, 0.717) is 6.04 Å². The normalized spacial score (nSPS) is 31.9. The minimum atomic E-state index is 0.287. The average Bonchev–Trinajstić information content (AvgIpc) is 2.82. The van der Waals surface area contributed by atoms with Crippen molar-refractivity contribution >= 4 is 5.82 Å². The predicted molar refractivity (Wildman–Crippen MR) is 70.3 cm³/mol. The zero-order valence-electron chi connectivity index (χ0n) is 11.3. The van der Waals surface area contributed by atoms with Crippen molar-refractivity contribution in [1.29, 1.82) is 0 Å². The molecule has 3 atom stereocenters. The number of nitrogens with zero attached hydrogens (tertiary/aromatic N) is 2. The Morgan fingerprint density at radius 2 is 2.12 bits per heavy atom. The highest BCUT2D eigenvalue weighted by Gasteiger charge is 2.38. The van der Waals surface area contributed by atoms with Crippen LogP contribution in [0.15, 0.2) is 6.07 Å². The van der Waals surface area contributed by atoms with Crippen LogP contribution in [-0.4, -0.2) is 16.3 Å². The van der Waals surface area contributed by atoms with Gasteiger partial charge < -0.3 is 5.32 Å². The molecule has 3 nitrogen and oxygen atoms in total. The lowest BCUT2D eigenvalue weighted by Gasteiger charge is -2.35. The fourth-order valence-corrected chi connectivity index (χ4v) is 2.96. The largest absolute Gasteiger partial charge is 0.370 e. The number of anilines is 1. The number of rotatable bonds is 1. The van der Waals surface area contributed by atoms with Crippen LogP contribution in [-0.2, 0) is 0 Å². The first-order chi connectivity index (χ1) is 7.97. The van der Waals surface area contributed by atoms with Crippen molar-refractivity contribution in [2.75, 3.05) is 11.9 Å². The van der Waals surface area contributed by atoms with Gasteiger partial charge in [0, 0.05) is 18.5 Å². The number of hydrogen-bond acceptors (Lipinski definition) is 2. The smallest absolute Gasteiger partial charge is 0.124 e. The van der Waals surface area contributed by atoms with Crippen LogP contribution in [0.3, 0.4) is 0 Å². The van der Waals surface area contributed by atoms with Crippen LogP contribution in [0.1, 0.15) is 58.2 Å². The van der Waals surface area contributed by atoms with E-state index in [1.54, 1.807) is 0 Å². The quantitative estimate of drug-likeness (QED) is 0.805. The lowest BCUT2D eigenvalue weighted by molar-refractivity contribution is 0.209. The third kappa shape index (κ3) is 1.85. The molecular formula is C14H23N3. The van der Waals surface area contributed by atoms with Gasteiger partial charge in [0.2, 0.25) is 0 Å². The molecule has 0 saturated heterocycles. The number of aromatic nitrogens is 2. The maximum Gasteiger partial charge on any atom is 0.124 e. The number of nitrogens with one attached hydrogen (secondary N) is 1. The highest BCUT2D eigenvalue weighted by molar-refractivity contribution is 5.41. The molecule has 0 amide bonds. The van der Waals surface area contributed by atoms with Crippen LogP contribution in [0.4, 0.5) is 5.82 Å². The molecule has 3 unspecified atom stereocenters. The summed E-state index contributed by atoms with van der Waals surface area (Å²) >= 11 is 0. The SMILES string of the molecule is CC1CC1c1cc2n(n1)C(C(C)(C)C)CCN2. The first-order valence-corrected chi connectivity index (χ1v) is 6.80. The molecule has 1 N–H and O–H groups in total. The molecule has 1 saturated carbocycles. The molecule has 1 aliphatic heterocycles. The maximum atomic E-state index is 4.87. The van der Waals surface area contributed by atoms with E-state index in [1.807, 2.05) is 0 Å². The van der Waals surface area contributed by atoms with E-state index in [-0.39, 0.29) is 5.41 Å². The Labute approximate surface area is 104 Å². The summed E-state index contributed by atoms with van der Waals surface area (Å²) in [5, 5.41) is 8.35. The molecule has 3 rings (SSSR count). The topological polar surface area (TPSA) is 29.9 Å². The summed E-state index contributed by atoms with van der Waals surface area (Å²) in [5.74, 6) is 2.78. The number of fused-ring (bicyclic) bond motifs is 1. The van der Waals surface area contributed by atoms with Gasteiger partial charge >= 0.3 is 0 Å². The molecule has 1 aromatic rings. The molecule has 17 heavy (non-hydrogen) atoms. The van der Waals surface area contributed by atoms with E-state index in [0.717, 1.165) is 18.4 Å². The van der Waals surface area contributed by atoms with Crippen molar-refractivity contribution in [1.82, 2.24) is 9.78 Å². The molecule has 1 aliphatic carbocycles. The highest BCUT2D eigenvalue weighted by atomic mass is 15.4. The van der Waals surface area contributed by atoms with Crippen LogP contribution in [0.2, 0.25) is 0 Å². The minimum Gasteiger partial charge on any atom is -0.370 e. The average molecular weight is 233 g/mol. The zero-order chi connectivity index (χ0) is 12.2. The molecule has 1 aromatic heterocycles. The Morgan fingerprint density at radius 1 is 1.41 bits per heavy atom. The highest BCUT2D eigenvalue weighted by Crippen LogP contribution is 2.48. The first kappa shape index (κ1) is 11.1. The molecule has 94 valence electrons. The van der Waals surface area contributed by atoms with Gasteiger partial charge in [-0.15, -0.1) is 0 Å². The molecule has 1 fully saturated rings. The summed E-state index contributed by atoms with van der Waals surface area (Å²) in [5.41, 5.74) is 1.59. The van der Waals surface area contributed by atoms with E-state index < -0.39 is 0 Å². The fraction of sp³-hybridized carbons (Fsp3) is 0.786. The van der Waals surface area contributed by atoms with Gasteiger partial charge in [-0.1, -0.05) is 27.7 Å². The first-order valence-electron chi connectivity index (χ1n) is 6.80. The van der Waals surface area contributed by atoms with Gasteiger partial charge in [-0.2, -0.15) is 5.10 Å². The van der Waals surface area contributed by atoms with Gasteiger partial charge in [0.05, 0.1) is 11.7 Å². The molecule has 0 bridgehead atoms. The number of hydrogen-bond donors (Lipinski definition) is 1. The Kier molecular flexibility index (Phi) is 2.29. The summed E-state index contributed by atoms with van der Waals surface area (Å²) in [6.07, 6.45) is 2.49. The second-order valence-corrected chi connectivity index (χ2v) is 6.82. The van der Waals surface area contributed by atoms with Crippen molar-refractivity contribution in [3.8, 4) is 0 Å². The lowest BCUT2D eigenvalue weighted by atomic mass is 9.84. The third-order valence-electron chi connectivity index (χ3n) is 4.26. The van der Waals surface area contributed by atoms with E-state index in [4.69, 9.17) is 5.10 Å². The summed E-state index contributed by atoms with van der Waals surface area (Å²) in [4.78, 5) is 0. The molecule has 3 heteroatoms. The van der Waals surface area contributed by atoms with Crippen LogP contribution in [0.5, 0.6) is 0 Å². The molecule has 0 radical (unpaired) electrons. The summed E-state index contributed by atoms with van der Waals surface area (Å²) < 4.78 is 2.24. The van der Waals surface area contributed by atoms with Gasteiger partial charge in [-0.25, -0.2) is 4.68 Å². The molecule has 0 spiro atoms. The summed E-state index contributed by atoms with van der Waals surface area (Å²) in [6, 6.07) is 2.80. The standard InChI is InChI=1S/C14H23N3/c1-9-7-10(9)11-8-13-15-6-5-12(14(2,3)4)17(13)16-11/h8-10,12,15H,5-7H2,1-4H3. The monoisotopic (exact) mass is 233 g/mol. The van der Waals surface area contributed by atoms with Crippen molar-refractivity contribution in [3.05, 3.63) is 11.8 Å². The van der Waals surface area contributed by atoms with E-state index in [1.165, 1.54) is 24.4 Å². The molecule has 0 aromatic carbocycles. The van der Waals surface area contributed by atoms with Crippen LogP contribution in [0, 0.1) is 11.3 Å². The second kappa shape index (κ2) is 3.50. The Hall–Kier alpha value is -0.990. The van der Waals surface area contributed by atoms with Crippen LogP contribution in [0.25, 0.3) is 0 Å². The third-order valence-corrected chi connectivity index (χ3v) is 4.26. The van der Waals surface area contributed by atoms with Crippen molar-refractivity contribution < 1.29 is 0 Å². The zero-order valence-corrected chi connectivity index (χ0v) is 11.3. The lowest BCUT2D eigenvalue weighted by Crippen LogP contribution is -2.32. The van der Waals surface area contributed by atoms with Crippen molar-refractivity contribution in [2.24, 2.45) is 11.3 Å². The Balaban J connectivity index is 1.94. The predicted octanol–water partition coefficient (Wildman–Crippen LogP) is 3.41. The molecular weight excluding hydrogens is 210 g/mol. The second-order valence-electron chi connectivity index (χ2n) is 6.82. The summed E-state index contributed by atoms with van der Waals surface area (Å²) in [6.45, 7) is 10.3. The van der Waals surface area contributed by atoms with Gasteiger partial charge in [0.1, 0.15) is 5.82 Å². The van der Waals surface area contributed by atoms with Crippen molar-refractivity contribution in [3.63, 3.8) is 0 Å². The van der Waals surface area contributed by atoms with Gasteiger partial charge in [-0.05, 0) is 24.2 Å².